The highest BCUT2D eigenvalue weighted by atomic mass is 35.5. The van der Waals surface area contributed by atoms with Crippen molar-refractivity contribution in [1.82, 2.24) is 4.90 Å². The summed E-state index contributed by atoms with van der Waals surface area (Å²) in [7, 11) is 1.68. The van der Waals surface area contributed by atoms with Crippen LogP contribution >= 0.6 is 11.6 Å². The maximum Gasteiger partial charge on any atom is 0.313 e. The van der Waals surface area contributed by atoms with Gasteiger partial charge in [-0.2, -0.15) is 0 Å². The quantitative estimate of drug-likeness (QED) is 0.612. The molecule has 1 aromatic rings. The molecule has 0 amide bonds. The van der Waals surface area contributed by atoms with Crippen LogP contribution in [-0.2, 0) is 16.0 Å². The molecule has 1 aromatic carbocycles. The van der Waals surface area contributed by atoms with Gasteiger partial charge in [-0.1, -0.05) is 23.3 Å². The molecule has 0 N–H and O–H groups in total. The molecule has 0 bridgehead atoms. The fourth-order valence-electron chi connectivity index (χ4n) is 3.30. The second-order valence-corrected chi connectivity index (χ2v) is 6.48. The highest BCUT2D eigenvalue weighted by Gasteiger charge is 2.31. The number of halogens is 1. The Kier molecular flexibility index (Phi) is 5.23. The van der Waals surface area contributed by atoms with Gasteiger partial charge < -0.3 is 9.47 Å². The van der Waals surface area contributed by atoms with Crippen LogP contribution in [-0.4, -0.2) is 44.2 Å². The topological polar surface area (TPSA) is 38.8 Å². The van der Waals surface area contributed by atoms with E-state index in [1.165, 1.54) is 5.57 Å². The molecule has 1 atom stereocenters. The maximum absolute atomic E-state index is 11.7. The molecule has 2 heterocycles. The van der Waals surface area contributed by atoms with Gasteiger partial charge in [0.2, 0.25) is 0 Å². The second kappa shape index (κ2) is 7.37. The molecule has 4 nitrogen and oxygen atoms in total. The molecule has 2 aliphatic heterocycles. The van der Waals surface area contributed by atoms with E-state index >= 15 is 0 Å². The van der Waals surface area contributed by atoms with Gasteiger partial charge in [0.15, 0.2) is 0 Å². The fraction of sp³-hybridized carbons (Fsp3) is 0.500. The Morgan fingerprint density at radius 2 is 2.30 bits per heavy atom. The molecule has 124 valence electrons. The monoisotopic (exact) mass is 335 g/mol. The predicted molar refractivity (Wildman–Crippen MR) is 89.9 cm³/mol. The van der Waals surface area contributed by atoms with Gasteiger partial charge >= 0.3 is 5.97 Å². The highest BCUT2D eigenvalue weighted by Crippen LogP contribution is 2.28. The van der Waals surface area contributed by atoms with Crippen molar-refractivity contribution in [3.8, 4) is 5.75 Å². The van der Waals surface area contributed by atoms with E-state index in [0.717, 1.165) is 55.2 Å². The predicted octanol–water partition coefficient (Wildman–Crippen LogP) is 3.09. The SMILES string of the molecule is COc1ccc(Cl)cc1CCN1CC=C(C2CCOC2=O)CC1. The molecule has 0 saturated carbocycles. The van der Waals surface area contributed by atoms with Gasteiger partial charge in [0.05, 0.1) is 19.6 Å². The second-order valence-electron chi connectivity index (χ2n) is 6.04. The fourth-order valence-corrected chi connectivity index (χ4v) is 3.49. The number of esters is 1. The Labute approximate surface area is 142 Å². The molecule has 2 aliphatic rings. The van der Waals surface area contributed by atoms with Gasteiger partial charge in [-0.3, -0.25) is 9.69 Å². The van der Waals surface area contributed by atoms with Gasteiger partial charge in [-0.15, -0.1) is 0 Å². The van der Waals surface area contributed by atoms with E-state index < -0.39 is 0 Å². The lowest BCUT2D eigenvalue weighted by atomic mass is 9.92. The Bertz CT molecular complexity index is 614. The van der Waals surface area contributed by atoms with E-state index in [0.29, 0.717) is 6.61 Å². The van der Waals surface area contributed by atoms with Crippen LogP contribution in [0, 0.1) is 5.92 Å². The molecule has 0 aliphatic carbocycles. The minimum absolute atomic E-state index is 0.00479. The number of carbonyl (C=O) groups excluding carboxylic acids is 1. The van der Waals surface area contributed by atoms with Crippen LogP contribution in [0.3, 0.4) is 0 Å². The average Bonchev–Trinajstić information content (AvgIpc) is 2.99. The van der Waals surface area contributed by atoms with Gasteiger partial charge in [-0.25, -0.2) is 0 Å². The number of ether oxygens (including phenoxy) is 2. The molecule has 0 spiro atoms. The Morgan fingerprint density at radius 1 is 1.43 bits per heavy atom. The first-order chi connectivity index (χ1) is 11.2. The van der Waals surface area contributed by atoms with Gasteiger partial charge in [0.1, 0.15) is 5.75 Å². The normalized spacial score (nSPS) is 21.9. The number of nitrogens with zero attached hydrogens (tertiary/aromatic N) is 1. The number of carbonyl (C=O) groups is 1. The number of hydrogen-bond acceptors (Lipinski definition) is 4. The minimum atomic E-state index is -0.0478. The lowest BCUT2D eigenvalue weighted by molar-refractivity contribution is -0.140. The molecular weight excluding hydrogens is 314 g/mol. The first-order valence-electron chi connectivity index (χ1n) is 8.07. The van der Waals surface area contributed by atoms with Gasteiger partial charge in [0.25, 0.3) is 0 Å². The summed E-state index contributed by atoms with van der Waals surface area (Å²) in [6.45, 7) is 3.40. The molecule has 1 saturated heterocycles. The van der Waals surface area contributed by atoms with Crippen molar-refractivity contribution < 1.29 is 14.3 Å². The Hall–Kier alpha value is -1.52. The van der Waals surface area contributed by atoms with Crippen molar-refractivity contribution in [2.24, 2.45) is 5.92 Å². The highest BCUT2D eigenvalue weighted by molar-refractivity contribution is 6.30. The van der Waals surface area contributed by atoms with E-state index in [1.807, 2.05) is 18.2 Å². The number of cyclic esters (lactones) is 1. The van der Waals surface area contributed by atoms with Crippen LogP contribution in [0.25, 0.3) is 0 Å². The van der Waals surface area contributed by atoms with Crippen LogP contribution in [0.4, 0.5) is 0 Å². The lowest BCUT2D eigenvalue weighted by Gasteiger charge is -2.27. The zero-order valence-electron chi connectivity index (χ0n) is 13.4. The molecule has 5 heteroatoms. The van der Waals surface area contributed by atoms with Crippen molar-refractivity contribution in [2.75, 3.05) is 33.4 Å². The summed E-state index contributed by atoms with van der Waals surface area (Å²) in [5.41, 5.74) is 2.39. The summed E-state index contributed by atoms with van der Waals surface area (Å²) < 4.78 is 10.5. The van der Waals surface area contributed by atoms with Crippen LogP contribution in [0.2, 0.25) is 5.02 Å². The Morgan fingerprint density at radius 3 is 2.96 bits per heavy atom. The Balaban J connectivity index is 1.56. The van der Waals surface area contributed by atoms with Crippen molar-refractivity contribution in [2.45, 2.75) is 19.3 Å². The first kappa shape index (κ1) is 16.3. The summed E-state index contributed by atoms with van der Waals surface area (Å²) >= 11 is 6.08. The molecule has 0 radical (unpaired) electrons. The first-order valence-corrected chi connectivity index (χ1v) is 8.45. The molecule has 0 aromatic heterocycles. The van der Waals surface area contributed by atoms with Crippen molar-refractivity contribution in [3.05, 3.63) is 40.4 Å². The third-order valence-corrected chi connectivity index (χ3v) is 4.89. The summed E-state index contributed by atoms with van der Waals surface area (Å²) in [6, 6.07) is 5.73. The third kappa shape index (κ3) is 3.88. The van der Waals surface area contributed by atoms with Gasteiger partial charge in [0, 0.05) is 24.7 Å². The summed E-state index contributed by atoms with van der Waals surface area (Å²) in [6.07, 6.45) is 4.89. The van der Waals surface area contributed by atoms with E-state index in [9.17, 15) is 4.79 Å². The molecule has 3 rings (SSSR count). The molecule has 1 fully saturated rings. The standard InChI is InChI=1S/C18H22ClNO3/c1-22-17-3-2-15(19)12-14(17)6-10-20-8-4-13(5-9-20)16-7-11-23-18(16)21/h2-4,12,16H,5-11H2,1H3. The lowest BCUT2D eigenvalue weighted by Crippen LogP contribution is -2.32. The zero-order chi connectivity index (χ0) is 16.2. The van der Waals surface area contributed by atoms with E-state index in [4.69, 9.17) is 21.1 Å². The van der Waals surface area contributed by atoms with E-state index in [2.05, 4.69) is 11.0 Å². The zero-order valence-corrected chi connectivity index (χ0v) is 14.1. The maximum atomic E-state index is 11.7. The number of hydrogen-bond donors (Lipinski definition) is 0. The number of rotatable bonds is 5. The average molecular weight is 336 g/mol. The summed E-state index contributed by atoms with van der Waals surface area (Å²) in [5, 5.41) is 0.737. The smallest absolute Gasteiger partial charge is 0.313 e. The van der Waals surface area contributed by atoms with E-state index in [1.54, 1.807) is 7.11 Å². The van der Waals surface area contributed by atoms with E-state index in [-0.39, 0.29) is 11.9 Å². The summed E-state index contributed by atoms with van der Waals surface area (Å²) in [5.74, 6) is 0.842. The molecule has 23 heavy (non-hydrogen) atoms. The van der Waals surface area contributed by atoms with Crippen LogP contribution in [0.1, 0.15) is 18.4 Å². The summed E-state index contributed by atoms with van der Waals surface area (Å²) in [4.78, 5) is 14.1. The van der Waals surface area contributed by atoms with Crippen LogP contribution in [0.5, 0.6) is 5.75 Å². The van der Waals surface area contributed by atoms with Crippen molar-refractivity contribution in [1.29, 1.82) is 0 Å². The van der Waals surface area contributed by atoms with Gasteiger partial charge in [-0.05, 0) is 43.0 Å². The van der Waals surface area contributed by atoms with Crippen molar-refractivity contribution >= 4 is 17.6 Å². The molecular formula is C18H22ClNO3. The van der Waals surface area contributed by atoms with Crippen LogP contribution < -0.4 is 4.74 Å². The molecule has 1 unspecified atom stereocenters. The number of methoxy groups -OCH3 is 1. The largest absolute Gasteiger partial charge is 0.496 e. The number of benzene rings is 1. The minimum Gasteiger partial charge on any atom is -0.496 e. The van der Waals surface area contributed by atoms with Crippen LogP contribution in [0.15, 0.2) is 29.8 Å². The third-order valence-electron chi connectivity index (χ3n) is 4.65. The van der Waals surface area contributed by atoms with Crippen molar-refractivity contribution in [3.63, 3.8) is 0 Å².